The zero-order chi connectivity index (χ0) is 25.3. The van der Waals surface area contributed by atoms with E-state index in [0.29, 0.717) is 31.1 Å². The Bertz CT molecular complexity index is 1190. The van der Waals surface area contributed by atoms with Crippen molar-refractivity contribution < 1.29 is 21.8 Å². The second-order valence-electron chi connectivity index (χ2n) is 9.49. The molecule has 1 aromatic heterocycles. The van der Waals surface area contributed by atoms with E-state index in [1.54, 1.807) is 23.0 Å². The van der Waals surface area contributed by atoms with E-state index in [0.717, 1.165) is 22.0 Å². The summed E-state index contributed by atoms with van der Waals surface area (Å²) < 4.78 is 69.0. The molecule has 0 aliphatic carbocycles. The standard InChI is InChI=1S/C25H30F4N4OS/c1-17(2)16-35(34)32-11-10-31(9-8-25(27,28)29)24(15-32)22-13-19-14-30-33(23(19)12-18(22)3)21-6-4-20(26)5-7-21/h4-7,12-14,17,24H,8-11,15-16H2,1-3H3. The number of rotatable bonds is 7. The van der Waals surface area contributed by atoms with Gasteiger partial charge < -0.3 is 0 Å². The van der Waals surface area contributed by atoms with Gasteiger partial charge in [0, 0.05) is 43.4 Å². The minimum atomic E-state index is -4.24. The highest BCUT2D eigenvalue weighted by Gasteiger charge is 2.35. The summed E-state index contributed by atoms with van der Waals surface area (Å²) in [5, 5.41) is 5.30. The summed E-state index contributed by atoms with van der Waals surface area (Å²) in [5.74, 6) is 0.449. The van der Waals surface area contributed by atoms with Crippen molar-refractivity contribution in [1.29, 1.82) is 0 Å². The molecule has 1 saturated heterocycles. The van der Waals surface area contributed by atoms with Crippen LogP contribution in [0.15, 0.2) is 42.6 Å². The van der Waals surface area contributed by atoms with Gasteiger partial charge in [0.05, 0.1) is 34.8 Å². The van der Waals surface area contributed by atoms with Gasteiger partial charge in [-0.1, -0.05) is 13.8 Å². The van der Waals surface area contributed by atoms with Crippen molar-refractivity contribution in [2.45, 2.75) is 39.4 Å². The molecule has 2 aromatic carbocycles. The highest BCUT2D eigenvalue weighted by Crippen LogP contribution is 2.33. The summed E-state index contributed by atoms with van der Waals surface area (Å²) in [5.41, 5.74) is 3.37. The Labute approximate surface area is 205 Å². The van der Waals surface area contributed by atoms with Crippen molar-refractivity contribution in [2.75, 3.05) is 31.9 Å². The first-order valence-electron chi connectivity index (χ1n) is 11.7. The largest absolute Gasteiger partial charge is 0.390 e. The van der Waals surface area contributed by atoms with Crippen LogP contribution in [0.5, 0.6) is 0 Å². The van der Waals surface area contributed by atoms with Crippen LogP contribution < -0.4 is 0 Å². The SMILES string of the molecule is Cc1cc2c(cnn2-c2ccc(F)cc2)cc1C1CN(S(=O)CC(C)C)CCN1CCC(F)(F)F. The molecule has 5 nitrogen and oxygen atoms in total. The van der Waals surface area contributed by atoms with Crippen molar-refractivity contribution in [3.8, 4) is 5.69 Å². The lowest BCUT2D eigenvalue weighted by Gasteiger charge is -2.41. The maximum Gasteiger partial charge on any atom is 0.390 e. The maximum absolute atomic E-state index is 13.4. The average Bonchev–Trinajstić information content (AvgIpc) is 3.19. The monoisotopic (exact) mass is 510 g/mol. The Balaban J connectivity index is 1.68. The van der Waals surface area contributed by atoms with Crippen LogP contribution in [0, 0.1) is 18.7 Å². The molecule has 0 radical (unpaired) electrons. The number of halogens is 4. The Morgan fingerprint density at radius 1 is 1.14 bits per heavy atom. The summed E-state index contributed by atoms with van der Waals surface area (Å²) >= 11 is 0. The Morgan fingerprint density at radius 2 is 1.86 bits per heavy atom. The third kappa shape index (κ3) is 6.10. The highest BCUT2D eigenvalue weighted by atomic mass is 32.2. The molecular formula is C25H30F4N4OS. The Hall–Kier alpha value is -2.30. The molecule has 0 bridgehead atoms. The first-order valence-corrected chi connectivity index (χ1v) is 13.0. The van der Waals surface area contributed by atoms with Gasteiger partial charge in [0.2, 0.25) is 0 Å². The fourth-order valence-corrected chi connectivity index (χ4v) is 5.92. The normalized spacial score (nSPS) is 19.0. The lowest BCUT2D eigenvalue weighted by atomic mass is 9.96. The van der Waals surface area contributed by atoms with Gasteiger partial charge >= 0.3 is 6.18 Å². The van der Waals surface area contributed by atoms with Gasteiger partial charge in [0.1, 0.15) is 5.82 Å². The maximum atomic E-state index is 13.4. The number of benzene rings is 2. The summed E-state index contributed by atoms with van der Waals surface area (Å²) in [6, 6.07) is 9.65. The third-order valence-corrected chi connectivity index (χ3v) is 8.15. The van der Waals surface area contributed by atoms with Crippen LogP contribution in [0.3, 0.4) is 0 Å². The van der Waals surface area contributed by atoms with Crippen LogP contribution >= 0.6 is 0 Å². The average molecular weight is 511 g/mol. The molecule has 0 N–H and O–H groups in total. The topological polar surface area (TPSA) is 41.4 Å². The fourth-order valence-electron chi connectivity index (χ4n) is 4.55. The van der Waals surface area contributed by atoms with E-state index in [4.69, 9.17) is 0 Å². The molecular weight excluding hydrogens is 480 g/mol. The van der Waals surface area contributed by atoms with Gasteiger partial charge in [-0.2, -0.15) is 18.3 Å². The summed E-state index contributed by atoms with van der Waals surface area (Å²) in [4.78, 5) is 1.86. The zero-order valence-corrected chi connectivity index (χ0v) is 20.9. The molecule has 0 saturated carbocycles. The predicted molar refractivity (Wildman–Crippen MR) is 130 cm³/mol. The minimum absolute atomic E-state index is 0.106. The van der Waals surface area contributed by atoms with Gasteiger partial charge in [-0.3, -0.25) is 4.90 Å². The van der Waals surface area contributed by atoms with Crippen molar-refractivity contribution in [3.63, 3.8) is 0 Å². The number of fused-ring (bicyclic) bond motifs is 1. The van der Waals surface area contributed by atoms with E-state index >= 15 is 0 Å². The van der Waals surface area contributed by atoms with E-state index in [1.807, 2.05) is 42.1 Å². The van der Waals surface area contributed by atoms with Crippen LogP contribution in [0.2, 0.25) is 0 Å². The van der Waals surface area contributed by atoms with Crippen molar-refractivity contribution in [2.24, 2.45) is 5.92 Å². The minimum Gasteiger partial charge on any atom is -0.293 e. The quantitative estimate of drug-likeness (QED) is 0.400. The number of aromatic nitrogens is 2. The molecule has 4 rings (SSSR count). The molecule has 3 aromatic rings. The molecule has 0 spiro atoms. The van der Waals surface area contributed by atoms with E-state index < -0.39 is 23.6 Å². The van der Waals surface area contributed by atoms with Crippen molar-refractivity contribution in [3.05, 3.63) is 59.5 Å². The summed E-state index contributed by atoms with van der Waals surface area (Å²) in [6.07, 6.45) is -3.42. The van der Waals surface area contributed by atoms with Crippen LogP contribution in [0.25, 0.3) is 16.6 Å². The van der Waals surface area contributed by atoms with Gasteiger partial charge in [0.25, 0.3) is 0 Å². The second kappa shape index (κ2) is 10.4. The Morgan fingerprint density at radius 3 is 2.51 bits per heavy atom. The molecule has 190 valence electrons. The number of aryl methyl sites for hydroxylation is 1. The Kier molecular flexibility index (Phi) is 7.63. The summed E-state index contributed by atoms with van der Waals surface area (Å²) in [6.45, 7) is 7.12. The number of hydrogen-bond acceptors (Lipinski definition) is 3. The van der Waals surface area contributed by atoms with E-state index in [9.17, 15) is 21.8 Å². The zero-order valence-electron chi connectivity index (χ0n) is 20.1. The van der Waals surface area contributed by atoms with E-state index in [-0.39, 0.29) is 24.3 Å². The number of piperazine rings is 1. The van der Waals surface area contributed by atoms with Crippen LogP contribution in [-0.4, -0.2) is 61.3 Å². The fraction of sp³-hybridized carbons (Fsp3) is 0.480. The lowest BCUT2D eigenvalue weighted by Crippen LogP contribution is -2.50. The summed E-state index contributed by atoms with van der Waals surface area (Å²) in [7, 11) is -1.19. The van der Waals surface area contributed by atoms with Crippen LogP contribution in [-0.2, 0) is 11.0 Å². The molecule has 10 heteroatoms. The third-order valence-electron chi connectivity index (χ3n) is 6.29. The number of nitrogens with zero attached hydrogens (tertiary/aromatic N) is 4. The van der Waals surface area contributed by atoms with Gasteiger partial charge in [0.15, 0.2) is 0 Å². The van der Waals surface area contributed by atoms with E-state index in [2.05, 4.69) is 5.10 Å². The molecule has 1 aliphatic rings. The molecule has 0 amide bonds. The predicted octanol–water partition coefficient (Wildman–Crippen LogP) is 5.40. The number of alkyl halides is 3. The van der Waals surface area contributed by atoms with Crippen LogP contribution in [0.4, 0.5) is 17.6 Å². The lowest BCUT2D eigenvalue weighted by molar-refractivity contribution is -0.140. The first-order chi connectivity index (χ1) is 16.5. The van der Waals surface area contributed by atoms with E-state index in [1.165, 1.54) is 12.1 Å². The molecule has 2 heterocycles. The molecule has 35 heavy (non-hydrogen) atoms. The van der Waals surface area contributed by atoms with Gasteiger partial charge in [-0.25, -0.2) is 17.6 Å². The molecule has 2 unspecified atom stereocenters. The van der Waals surface area contributed by atoms with Crippen molar-refractivity contribution >= 4 is 21.9 Å². The highest BCUT2D eigenvalue weighted by molar-refractivity contribution is 7.82. The van der Waals surface area contributed by atoms with Gasteiger partial charge in [-0.15, -0.1) is 0 Å². The smallest absolute Gasteiger partial charge is 0.293 e. The van der Waals surface area contributed by atoms with Crippen molar-refractivity contribution in [1.82, 2.24) is 19.0 Å². The first kappa shape index (κ1) is 25.8. The van der Waals surface area contributed by atoms with Crippen LogP contribution in [0.1, 0.15) is 37.4 Å². The second-order valence-corrected chi connectivity index (χ2v) is 11.0. The molecule has 1 fully saturated rings. The molecule has 1 aliphatic heterocycles. The van der Waals surface area contributed by atoms with Gasteiger partial charge in [-0.05, 0) is 60.4 Å². The molecule has 2 atom stereocenters. The number of hydrogen-bond donors (Lipinski definition) is 0.